The second-order valence-electron chi connectivity index (χ2n) is 3.32. The lowest BCUT2D eigenvalue weighted by Gasteiger charge is -2.18. The van der Waals surface area contributed by atoms with Gasteiger partial charge in [-0.15, -0.1) is 0 Å². The van der Waals surface area contributed by atoms with Gasteiger partial charge >= 0.3 is 0 Å². The number of rotatable bonds is 4. The molecule has 0 aromatic carbocycles. The van der Waals surface area contributed by atoms with Crippen LogP contribution in [0.1, 0.15) is 19.7 Å². The summed E-state index contributed by atoms with van der Waals surface area (Å²) in [5, 5.41) is 13.0. The van der Waals surface area contributed by atoms with E-state index in [1.165, 1.54) is 11.5 Å². The molecule has 0 bridgehead atoms. The molecule has 0 aliphatic carbocycles. The molecule has 0 aliphatic heterocycles. The summed E-state index contributed by atoms with van der Waals surface area (Å²) in [6, 6.07) is 0.0624. The first kappa shape index (κ1) is 10.4. The maximum absolute atomic E-state index is 9.06. The maximum atomic E-state index is 9.06. The third-order valence-electron chi connectivity index (χ3n) is 1.84. The van der Waals surface area contributed by atoms with Gasteiger partial charge in [-0.05, 0) is 12.8 Å². The molecule has 1 atom stereocenters. The monoisotopic (exact) mass is 201 g/mol. The molecule has 0 radical (unpaired) electrons. The van der Waals surface area contributed by atoms with Gasteiger partial charge in [-0.2, -0.15) is 4.37 Å². The Kier molecular flexibility index (Phi) is 3.62. The van der Waals surface area contributed by atoms with E-state index >= 15 is 0 Å². The minimum atomic E-state index is 0.0624. The first-order valence-corrected chi connectivity index (χ1v) is 5.08. The van der Waals surface area contributed by atoms with Crippen LogP contribution in [0.2, 0.25) is 0 Å². The fourth-order valence-electron chi connectivity index (χ4n) is 0.937. The molecule has 0 aliphatic rings. The Balaban J connectivity index is 2.56. The topological polar surface area (TPSA) is 58.0 Å². The highest BCUT2D eigenvalue weighted by atomic mass is 32.1. The first-order chi connectivity index (χ1) is 6.13. The number of aliphatic hydroxyl groups excluding tert-OH is 1. The molecule has 0 saturated carbocycles. The normalized spacial score (nSPS) is 13.3. The predicted octanol–water partition coefficient (Wildman–Crippen LogP) is 1.28. The Morgan fingerprint density at radius 1 is 1.54 bits per heavy atom. The molecule has 5 heteroatoms. The van der Waals surface area contributed by atoms with Gasteiger partial charge in [-0.3, -0.25) is 0 Å². The number of aromatic nitrogens is 2. The number of aryl methyl sites for hydroxylation is 1. The zero-order valence-electron chi connectivity index (χ0n) is 8.11. The van der Waals surface area contributed by atoms with E-state index in [0.717, 1.165) is 11.0 Å². The third kappa shape index (κ3) is 2.93. The number of hydrogen-bond acceptors (Lipinski definition) is 5. The number of nitrogens with one attached hydrogen (secondary N) is 1. The smallest absolute Gasteiger partial charge is 0.202 e. The van der Waals surface area contributed by atoms with Crippen LogP contribution in [-0.4, -0.2) is 27.1 Å². The van der Waals surface area contributed by atoms with E-state index in [9.17, 15) is 0 Å². The summed E-state index contributed by atoms with van der Waals surface area (Å²) >= 11 is 1.33. The van der Waals surface area contributed by atoms with Crippen molar-refractivity contribution in [2.75, 3.05) is 11.9 Å². The van der Waals surface area contributed by atoms with Crippen LogP contribution in [0, 0.1) is 12.8 Å². The zero-order chi connectivity index (χ0) is 9.84. The van der Waals surface area contributed by atoms with Gasteiger partial charge in [0.05, 0.1) is 12.6 Å². The van der Waals surface area contributed by atoms with Crippen molar-refractivity contribution >= 4 is 16.7 Å². The van der Waals surface area contributed by atoms with Crippen LogP contribution in [-0.2, 0) is 0 Å². The van der Waals surface area contributed by atoms with Crippen molar-refractivity contribution in [3.05, 3.63) is 5.82 Å². The predicted molar refractivity (Wildman–Crippen MR) is 54.0 cm³/mol. The fraction of sp³-hybridized carbons (Fsp3) is 0.750. The zero-order valence-corrected chi connectivity index (χ0v) is 8.93. The van der Waals surface area contributed by atoms with Crippen LogP contribution in [0.15, 0.2) is 0 Å². The van der Waals surface area contributed by atoms with Gasteiger partial charge in [0.15, 0.2) is 0 Å². The second kappa shape index (κ2) is 4.53. The first-order valence-electron chi connectivity index (χ1n) is 4.31. The van der Waals surface area contributed by atoms with Crippen molar-refractivity contribution in [1.29, 1.82) is 0 Å². The summed E-state index contributed by atoms with van der Waals surface area (Å²) in [4.78, 5) is 4.17. The SMILES string of the molecule is Cc1nsc(N[C@H](CO)C(C)C)n1. The molecule has 0 spiro atoms. The minimum absolute atomic E-state index is 0.0624. The standard InChI is InChI=1S/C8H15N3OS/c1-5(2)7(4-12)10-8-9-6(3)11-13-8/h5,7,12H,4H2,1-3H3,(H,9,10,11)/t7-/m1/s1. The maximum Gasteiger partial charge on any atom is 0.202 e. The largest absolute Gasteiger partial charge is 0.394 e. The highest BCUT2D eigenvalue weighted by Gasteiger charge is 2.13. The molecule has 2 N–H and O–H groups in total. The molecular weight excluding hydrogens is 186 g/mol. The Morgan fingerprint density at radius 3 is 2.62 bits per heavy atom. The Morgan fingerprint density at radius 2 is 2.23 bits per heavy atom. The molecule has 0 unspecified atom stereocenters. The van der Waals surface area contributed by atoms with Gasteiger partial charge in [0.25, 0.3) is 0 Å². The molecule has 0 fully saturated rings. The van der Waals surface area contributed by atoms with Crippen LogP contribution in [0.5, 0.6) is 0 Å². The van der Waals surface area contributed by atoms with Gasteiger partial charge in [-0.25, -0.2) is 4.98 Å². The van der Waals surface area contributed by atoms with Crippen molar-refractivity contribution in [3.8, 4) is 0 Å². The second-order valence-corrected chi connectivity index (χ2v) is 4.08. The average Bonchev–Trinajstić information content (AvgIpc) is 2.46. The molecule has 1 aromatic rings. The fourth-order valence-corrected chi connectivity index (χ4v) is 1.57. The Hall–Kier alpha value is -0.680. The van der Waals surface area contributed by atoms with E-state index in [4.69, 9.17) is 5.11 Å². The van der Waals surface area contributed by atoms with Crippen LogP contribution < -0.4 is 5.32 Å². The van der Waals surface area contributed by atoms with Crippen molar-refractivity contribution in [2.24, 2.45) is 5.92 Å². The van der Waals surface area contributed by atoms with E-state index in [2.05, 4.69) is 28.5 Å². The van der Waals surface area contributed by atoms with E-state index in [0.29, 0.717) is 5.92 Å². The van der Waals surface area contributed by atoms with Crippen LogP contribution in [0.4, 0.5) is 5.13 Å². The highest BCUT2D eigenvalue weighted by molar-refractivity contribution is 7.09. The van der Waals surface area contributed by atoms with Crippen molar-refractivity contribution in [1.82, 2.24) is 9.36 Å². The molecule has 0 saturated heterocycles. The Labute approximate surface area is 82.2 Å². The molecule has 13 heavy (non-hydrogen) atoms. The van der Waals surface area contributed by atoms with Gasteiger partial charge in [-0.1, -0.05) is 13.8 Å². The van der Waals surface area contributed by atoms with Crippen molar-refractivity contribution in [3.63, 3.8) is 0 Å². The summed E-state index contributed by atoms with van der Waals surface area (Å²) in [7, 11) is 0. The van der Waals surface area contributed by atoms with Crippen LogP contribution in [0.25, 0.3) is 0 Å². The lowest BCUT2D eigenvalue weighted by Crippen LogP contribution is -2.29. The molecule has 4 nitrogen and oxygen atoms in total. The van der Waals surface area contributed by atoms with E-state index < -0.39 is 0 Å². The summed E-state index contributed by atoms with van der Waals surface area (Å²) in [5.74, 6) is 1.15. The molecule has 1 rings (SSSR count). The summed E-state index contributed by atoms with van der Waals surface area (Å²) in [5.41, 5.74) is 0. The van der Waals surface area contributed by atoms with E-state index in [1.54, 1.807) is 0 Å². The van der Waals surface area contributed by atoms with Crippen molar-refractivity contribution in [2.45, 2.75) is 26.8 Å². The highest BCUT2D eigenvalue weighted by Crippen LogP contribution is 2.14. The lowest BCUT2D eigenvalue weighted by molar-refractivity contribution is 0.249. The van der Waals surface area contributed by atoms with Crippen LogP contribution >= 0.6 is 11.5 Å². The average molecular weight is 201 g/mol. The Bertz CT molecular complexity index is 262. The number of nitrogens with zero attached hydrogens (tertiary/aromatic N) is 2. The van der Waals surface area contributed by atoms with Gasteiger partial charge in [0, 0.05) is 11.5 Å². The summed E-state index contributed by atoms with van der Waals surface area (Å²) < 4.78 is 4.05. The quantitative estimate of drug-likeness (QED) is 0.770. The number of aliphatic hydroxyl groups is 1. The molecule has 0 amide bonds. The molecule has 74 valence electrons. The molecule has 1 aromatic heterocycles. The summed E-state index contributed by atoms with van der Waals surface area (Å²) in [6.07, 6.45) is 0. The van der Waals surface area contributed by atoms with E-state index in [1.807, 2.05) is 6.92 Å². The molecule has 1 heterocycles. The lowest BCUT2D eigenvalue weighted by atomic mass is 10.1. The summed E-state index contributed by atoms with van der Waals surface area (Å²) in [6.45, 7) is 6.09. The van der Waals surface area contributed by atoms with Gasteiger partial charge in [0.2, 0.25) is 5.13 Å². The van der Waals surface area contributed by atoms with Crippen LogP contribution in [0.3, 0.4) is 0 Å². The van der Waals surface area contributed by atoms with Crippen molar-refractivity contribution < 1.29 is 5.11 Å². The molecular formula is C8H15N3OS. The minimum Gasteiger partial charge on any atom is -0.394 e. The number of hydrogen-bond donors (Lipinski definition) is 2. The number of anilines is 1. The van der Waals surface area contributed by atoms with E-state index in [-0.39, 0.29) is 12.6 Å². The van der Waals surface area contributed by atoms with Gasteiger partial charge < -0.3 is 10.4 Å². The third-order valence-corrected chi connectivity index (χ3v) is 2.58. The van der Waals surface area contributed by atoms with Gasteiger partial charge in [0.1, 0.15) is 5.82 Å².